The van der Waals surface area contributed by atoms with Gasteiger partial charge in [-0.15, -0.1) is 4.57 Å². The molecule has 0 aliphatic rings. The fourth-order valence-electron chi connectivity index (χ4n) is 3.21. The highest BCUT2D eigenvalue weighted by atomic mass is 19.5. The summed E-state index contributed by atoms with van der Waals surface area (Å²) in [5, 5.41) is 0. The van der Waals surface area contributed by atoms with E-state index in [9.17, 15) is 17.3 Å². The van der Waals surface area contributed by atoms with Crippen LogP contribution in [0.2, 0.25) is 0 Å². The molecule has 0 amide bonds. The van der Waals surface area contributed by atoms with Gasteiger partial charge in [0.25, 0.3) is 5.69 Å². The summed E-state index contributed by atoms with van der Waals surface area (Å²) in [5.41, 5.74) is 6.90. The maximum atomic E-state index is 9.75. The summed E-state index contributed by atoms with van der Waals surface area (Å²) in [6.45, 7) is 4.26. The van der Waals surface area contributed by atoms with E-state index >= 15 is 0 Å². The SMILES string of the molecule is Cc1ccccc1-c1oc[n+](-c2ccccc2)c1-c1ccccc1C.F[B-](F)(F)F. The van der Waals surface area contributed by atoms with Gasteiger partial charge in [0.1, 0.15) is 0 Å². The Balaban J connectivity index is 0.000000461. The quantitative estimate of drug-likeness (QED) is 0.205. The lowest BCUT2D eigenvalue weighted by Crippen LogP contribution is -2.30. The molecule has 0 aliphatic carbocycles. The normalized spacial score (nSPS) is 11.0. The Labute approximate surface area is 172 Å². The van der Waals surface area contributed by atoms with Gasteiger partial charge >= 0.3 is 13.6 Å². The number of nitrogens with zero attached hydrogens (tertiary/aromatic N) is 1. The zero-order chi connectivity index (χ0) is 21.7. The van der Waals surface area contributed by atoms with Crippen LogP contribution >= 0.6 is 0 Å². The van der Waals surface area contributed by atoms with Gasteiger partial charge in [0.15, 0.2) is 0 Å². The van der Waals surface area contributed by atoms with Crippen molar-refractivity contribution in [3.63, 3.8) is 0 Å². The van der Waals surface area contributed by atoms with E-state index in [0.29, 0.717) is 0 Å². The monoisotopic (exact) mass is 413 g/mol. The molecule has 0 saturated carbocycles. The molecule has 4 aromatic rings. The van der Waals surface area contributed by atoms with Crippen LogP contribution in [-0.2, 0) is 0 Å². The lowest BCUT2D eigenvalue weighted by molar-refractivity contribution is -0.588. The Bertz CT molecular complexity index is 1120. The van der Waals surface area contributed by atoms with Crippen LogP contribution in [0.1, 0.15) is 11.1 Å². The number of rotatable bonds is 3. The molecule has 0 aliphatic heterocycles. The third-order valence-corrected chi connectivity index (χ3v) is 4.56. The maximum absolute atomic E-state index is 9.75. The topological polar surface area (TPSA) is 17.0 Å². The summed E-state index contributed by atoms with van der Waals surface area (Å²) in [5.74, 6) is 0.899. The number of hydrogen-bond acceptors (Lipinski definition) is 1. The van der Waals surface area contributed by atoms with Crippen LogP contribution in [0.3, 0.4) is 0 Å². The minimum Gasteiger partial charge on any atom is -0.418 e. The van der Waals surface area contributed by atoms with Crippen molar-refractivity contribution in [3.05, 3.63) is 96.4 Å². The van der Waals surface area contributed by atoms with Crippen molar-refractivity contribution in [3.8, 4) is 28.3 Å². The molecule has 0 N–H and O–H groups in total. The molecule has 4 rings (SSSR count). The largest absolute Gasteiger partial charge is 0.673 e. The molecule has 0 bridgehead atoms. The van der Waals surface area contributed by atoms with E-state index in [0.717, 1.165) is 22.7 Å². The molecule has 0 saturated heterocycles. The smallest absolute Gasteiger partial charge is 0.418 e. The van der Waals surface area contributed by atoms with Crippen LogP contribution in [-0.4, -0.2) is 7.25 Å². The van der Waals surface area contributed by atoms with Gasteiger partial charge < -0.3 is 21.7 Å². The summed E-state index contributed by atoms with van der Waals surface area (Å²) in [4.78, 5) is 0. The number of benzene rings is 3. The van der Waals surface area contributed by atoms with Crippen molar-refractivity contribution < 1.29 is 26.2 Å². The van der Waals surface area contributed by atoms with Gasteiger partial charge in [-0.25, -0.2) is 0 Å². The molecule has 7 heteroatoms. The number of hydrogen-bond donors (Lipinski definition) is 0. The Morgan fingerprint density at radius 1 is 0.667 bits per heavy atom. The fourth-order valence-corrected chi connectivity index (χ4v) is 3.21. The second kappa shape index (κ2) is 8.99. The van der Waals surface area contributed by atoms with Gasteiger partial charge in [-0.05, 0) is 31.0 Å². The first-order valence-electron chi connectivity index (χ1n) is 9.33. The number of aryl methyl sites for hydroxylation is 2. The van der Waals surface area contributed by atoms with Crippen LogP contribution in [0.15, 0.2) is 89.7 Å². The molecule has 0 spiro atoms. The number of halogens is 4. The Hall–Kier alpha value is -3.35. The maximum Gasteiger partial charge on any atom is 0.673 e. The Morgan fingerprint density at radius 2 is 1.13 bits per heavy atom. The van der Waals surface area contributed by atoms with E-state index in [2.05, 4.69) is 79.1 Å². The molecule has 3 aromatic carbocycles. The first-order chi connectivity index (χ1) is 14.3. The summed E-state index contributed by atoms with van der Waals surface area (Å²) in [6, 6.07) is 27.1. The Kier molecular flexibility index (Phi) is 6.40. The van der Waals surface area contributed by atoms with Crippen molar-refractivity contribution in [2.45, 2.75) is 13.8 Å². The molecule has 1 heterocycles. The van der Waals surface area contributed by atoms with Gasteiger partial charge in [0.2, 0.25) is 11.4 Å². The van der Waals surface area contributed by atoms with Crippen LogP contribution in [0.5, 0.6) is 0 Å². The third kappa shape index (κ3) is 5.17. The molecule has 0 fully saturated rings. The zero-order valence-corrected chi connectivity index (χ0v) is 16.5. The third-order valence-electron chi connectivity index (χ3n) is 4.56. The molecule has 154 valence electrons. The summed E-state index contributed by atoms with van der Waals surface area (Å²) in [7, 11) is -6.00. The Morgan fingerprint density at radius 3 is 1.67 bits per heavy atom. The summed E-state index contributed by atoms with van der Waals surface area (Å²) in [6.07, 6.45) is 1.80. The number of para-hydroxylation sites is 1. The molecule has 0 atom stereocenters. The summed E-state index contributed by atoms with van der Waals surface area (Å²) >= 11 is 0. The van der Waals surface area contributed by atoms with Gasteiger partial charge in [-0.2, -0.15) is 0 Å². The molecule has 0 radical (unpaired) electrons. The lowest BCUT2D eigenvalue weighted by Gasteiger charge is -2.06. The van der Waals surface area contributed by atoms with Gasteiger partial charge in [0.05, 0.1) is 5.56 Å². The minimum atomic E-state index is -6.00. The second-order valence-electron chi connectivity index (χ2n) is 6.73. The first-order valence-corrected chi connectivity index (χ1v) is 9.33. The van der Waals surface area contributed by atoms with Crippen LogP contribution < -0.4 is 4.57 Å². The first kappa shape index (κ1) is 21.4. The molecule has 0 unspecified atom stereocenters. The summed E-state index contributed by atoms with van der Waals surface area (Å²) < 4.78 is 47.2. The average molecular weight is 413 g/mol. The van der Waals surface area contributed by atoms with E-state index in [1.54, 1.807) is 6.39 Å². The van der Waals surface area contributed by atoms with Crippen LogP contribution in [0, 0.1) is 13.8 Å². The average Bonchev–Trinajstić information content (AvgIpc) is 3.13. The van der Waals surface area contributed by atoms with Crippen molar-refractivity contribution in [2.24, 2.45) is 0 Å². The second-order valence-corrected chi connectivity index (χ2v) is 6.73. The highest BCUT2D eigenvalue weighted by molar-refractivity contribution is 6.50. The van der Waals surface area contributed by atoms with Crippen molar-refractivity contribution in [1.82, 2.24) is 0 Å². The van der Waals surface area contributed by atoms with Crippen LogP contribution in [0.25, 0.3) is 28.3 Å². The van der Waals surface area contributed by atoms with Gasteiger partial charge in [0, 0.05) is 17.7 Å². The molecular formula is C23H20BF4NO. The van der Waals surface area contributed by atoms with Crippen molar-refractivity contribution in [2.75, 3.05) is 0 Å². The number of aromatic nitrogens is 1. The van der Waals surface area contributed by atoms with E-state index in [1.165, 1.54) is 16.7 Å². The van der Waals surface area contributed by atoms with Crippen LogP contribution in [0.4, 0.5) is 17.3 Å². The fraction of sp³-hybridized carbons (Fsp3) is 0.0870. The minimum absolute atomic E-state index is 0.899. The molecule has 30 heavy (non-hydrogen) atoms. The van der Waals surface area contributed by atoms with Crippen molar-refractivity contribution >= 4 is 7.25 Å². The lowest BCUT2D eigenvalue weighted by atomic mass is 9.99. The van der Waals surface area contributed by atoms with Crippen molar-refractivity contribution in [1.29, 1.82) is 0 Å². The predicted octanol–water partition coefficient (Wildman–Crippen LogP) is 6.81. The highest BCUT2D eigenvalue weighted by Gasteiger charge is 2.28. The van der Waals surface area contributed by atoms with E-state index < -0.39 is 7.25 Å². The van der Waals surface area contributed by atoms with E-state index in [-0.39, 0.29) is 0 Å². The standard InChI is InChI=1S/C23H20NO.BF4/c1-17-10-6-8-14-20(17)22-23(21-15-9-7-11-18(21)2)25-16-24(22)19-12-4-3-5-13-19;2-1(3,4)5/h3-16H,1-2H3;/q+1;-1. The van der Waals surface area contributed by atoms with Gasteiger partial charge in [-0.3, -0.25) is 0 Å². The van der Waals surface area contributed by atoms with Gasteiger partial charge in [-0.1, -0.05) is 60.7 Å². The van der Waals surface area contributed by atoms with E-state index in [1.807, 2.05) is 18.2 Å². The molecule has 2 nitrogen and oxygen atoms in total. The zero-order valence-electron chi connectivity index (χ0n) is 16.5. The predicted molar refractivity (Wildman–Crippen MR) is 111 cm³/mol. The molecular weight excluding hydrogens is 393 g/mol. The number of oxazole rings is 1. The van der Waals surface area contributed by atoms with E-state index in [4.69, 9.17) is 4.42 Å². The molecule has 1 aromatic heterocycles. The highest BCUT2D eigenvalue weighted by Crippen LogP contribution is 2.34.